The molecule has 0 aliphatic heterocycles. The number of ketones is 1. The Kier molecular flexibility index (Phi) is 5.32. The van der Waals surface area contributed by atoms with E-state index >= 15 is 0 Å². The Hall–Kier alpha value is -1.71. The number of carboxylic acids is 1. The molecule has 2 aromatic rings. The van der Waals surface area contributed by atoms with Crippen LogP contribution in [0.1, 0.15) is 38.0 Å². The molecule has 6 heteroatoms. The molecule has 0 fully saturated rings. The molecule has 111 valence electrons. The van der Waals surface area contributed by atoms with E-state index in [1.807, 2.05) is 0 Å². The van der Waals surface area contributed by atoms with Crippen molar-refractivity contribution in [3.8, 4) is 0 Å². The zero-order chi connectivity index (χ0) is 16.3. The second-order valence-corrected chi connectivity index (χ2v) is 7.76. The number of carboxylic acid groups (broad SMARTS) is 1. The standard InChI is InChI=1S/C16H11AsBrO4/c1-9(19)10-2-4-11(5-3-10)15(20)17-14-7-6-12(18)8-13(14)16(21)22/h2-8H,1H3,(H,21,22). The molecule has 0 aliphatic carbocycles. The van der Waals surface area contributed by atoms with Crippen molar-refractivity contribution in [1.29, 1.82) is 0 Å². The fourth-order valence-electron chi connectivity index (χ4n) is 1.80. The van der Waals surface area contributed by atoms with Crippen LogP contribution in [0.2, 0.25) is 0 Å². The molecule has 0 amide bonds. The van der Waals surface area contributed by atoms with Gasteiger partial charge in [0.05, 0.1) is 0 Å². The van der Waals surface area contributed by atoms with Crippen molar-refractivity contribution in [3.05, 3.63) is 63.6 Å². The molecular formula is C16H11AsBrO4. The maximum absolute atomic E-state index is 12.3. The molecule has 1 N–H and O–H groups in total. The number of hydrogen-bond acceptors (Lipinski definition) is 3. The minimum atomic E-state index is -1.05. The summed E-state index contributed by atoms with van der Waals surface area (Å²) in [5, 5.41) is 9.22. The van der Waals surface area contributed by atoms with Crippen molar-refractivity contribution in [2.24, 2.45) is 0 Å². The normalized spacial score (nSPS) is 10.8. The molecule has 0 aromatic heterocycles. The summed E-state index contributed by atoms with van der Waals surface area (Å²) in [7, 11) is 0. The van der Waals surface area contributed by atoms with Gasteiger partial charge in [0.25, 0.3) is 0 Å². The van der Waals surface area contributed by atoms with Crippen LogP contribution in [0, 0.1) is 0 Å². The van der Waals surface area contributed by atoms with E-state index in [2.05, 4.69) is 15.9 Å². The van der Waals surface area contributed by atoms with E-state index in [0.717, 1.165) is 0 Å². The monoisotopic (exact) mass is 421 g/mol. The van der Waals surface area contributed by atoms with Gasteiger partial charge in [-0.25, -0.2) is 0 Å². The minimum absolute atomic E-state index is 0.0617. The van der Waals surface area contributed by atoms with Gasteiger partial charge in [0.1, 0.15) is 0 Å². The molecule has 2 aromatic carbocycles. The molecule has 0 saturated carbocycles. The molecule has 22 heavy (non-hydrogen) atoms. The first kappa shape index (κ1) is 16.7. The van der Waals surface area contributed by atoms with Gasteiger partial charge in [-0.1, -0.05) is 0 Å². The Morgan fingerprint density at radius 2 is 1.59 bits per heavy atom. The second kappa shape index (κ2) is 7.03. The molecule has 0 aliphatic rings. The van der Waals surface area contributed by atoms with E-state index in [4.69, 9.17) is 0 Å². The SMILES string of the molecule is CC(=O)c1ccc(C(=O)[As]c2ccc(Br)cc2C(=O)O)cc1. The van der Waals surface area contributed by atoms with Crippen LogP contribution in [0.5, 0.6) is 0 Å². The third-order valence-corrected chi connectivity index (χ3v) is 5.73. The van der Waals surface area contributed by atoms with Crippen molar-refractivity contribution in [2.75, 3.05) is 0 Å². The van der Waals surface area contributed by atoms with E-state index in [-0.39, 0.29) is 15.9 Å². The number of hydrogen-bond donors (Lipinski definition) is 1. The summed E-state index contributed by atoms with van der Waals surface area (Å²) in [5.74, 6) is -1.11. The van der Waals surface area contributed by atoms with E-state index in [9.17, 15) is 19.5 Å². The van der Waals surface area contributed by atoms with Crippen LogP contribution in [-0.2, 0) is 0 Å². The van der Waals surface area contributed by atoms with Crippen molar-refractivity contribution in [3.63, 3.8) is 0 Å². The van der Waals surface area contributed by atoms with E-state index in [1.54, 1.807) is 36.4 Å². The van der Waals surface area contributed by atoms with Crippen LogP contribution in [0.15, 0.2) is 46.9 Å². The van der Waals surface area contributed by atoms with Crippen molar-refractivity contribution in [1.82, 2.24) is 0 Å². The first-order chi connectivity index (χ1) is 10.4. The first-order valence-electron chi connectivity index (χ1n) is 6.28. The summed E-state index contributed by atoms with van der Waals surface area (Å²) in [6.07, 6.45) is 0. The maximum atomic E-state index is 12.3. The van der Waals surface area contributed by atoms with Gasteiger partial charge >= 0.3 is 142 Å². The molecular weight excluding hydrogens is 411 g/mol. The number of rotatable bonds is 5. The van der Waals surface area contributed by atoms with Gasteiger partial charge in [-0.15, -0.1) is 0 Å². The van der Waals surface area contributed by atoms with Gasteiger partial charge in [-0.2, -0.15) is 0 Å². The number of carbonyl (C=O) groups is 3. The van der Waals surface area contributed by atoms with Crippen molar-refractivity contribution < 1.29 is 19.5 Å². The Morgan fingerprint density at radius 1 is 1.00 bits per heavy atom. The Balaban J connectivity index is 2.25. The molecule has 0 atom stereocenters. The Bertz CT molecular complexity index is 753. The quantitative estimate of drug-likeness (QED) is 0.594. The van der Waals surface area contributed by atoms with Gasteiger partial charge in [0.2, 0.25) is 0 Å². The van der Waals surface area contributed by atoms with Gasteiger partial charge in [0, 0.05) is 0 Å². The van der Waals surface area contributed by atoms with Crippen LogP contribution in [0.3, 0.4) is 0 Å². The Labute approximate surface area is 142 Å². The molecule has 0 bridgehead atoms. The fraction of sp³-hybridized carbons (Fsp3) is 0.0625. The number of benzene rings is 2. The van der Waals surface area contributed by atoms with Crippen LogP contribution in [-0.4, -0.2) is 37.2 Å². The zero-order valence-corrected chi connectivity index (χ0v) is 15.0. The van der Waals surface area contributed by atoms with Gasteiger partial charge in [-0.3, -0.25) is 0 Å². The summed E-state index contributed by atoms with van der Waals surface area (Å²) in [6, 6.07) is 11.3. The molecule has 4 nitrogen and oxygen atoms in total. The molecule has 1 radical (unpaired) electrons. The van der Waals surface area contributed by atoms with Crippen LogP contribution >= 0.6 is 15.9 Å². The van der Waals surface area contributed by atoms with Gasteiger partial charge < -0.3 is 0 Å². The number of Topliss-reactive ketones (excluding diaryl/α,β-unsaturated/α-hetero) is 1. The predicted octanol–water partition coefficient (Wildman–Crippen LogP) is 2.52. The van der Waals surface area contributed by atoms with Crippen LogP contribution in [0.25, 0.3) is 0 Å². The first-order valence-corrected chi connectivity index (χ1v) is 8.95. The Morgan fingerprint density at radius 3 is 2.14 bits per heavy atom. The molecule has 0 unspecified atom stereocenters. The topological polar surface area (TPSA) is 71.4 Å². The summed E-state index contributed by atoms with van der Waals surface area (Å²) in [4.78, 5) is 34.8. The third kappa shape index (κ3) is 3.93. The summed E-state index contributed by atoms with van der Waals surface area (Å²) >= 11 is 2.26. The van der Waals surface area contributed by atoms with Gasteiger partial charge in [0.15, 0.2) is 0 Å². The molecule has 0 heterocycles. The number of carbonyl (C=O) groups excluding carboxylic acids is 2. The van der Waals surface area contributed by atoms with Crippen molar-refractivity contribution >= 4 is 52.4 Å². The second-order valence-electron chi connectivity index (χ2n) is 4.52. The van der Waals surface area contributed by atoms with E-state index in [1.165, 1.54) is 13.0 Å². The van der Waals surface area contributed by atoms with Crippen LogP contribution in [0.4, 0.5) is 0 Å². The van der Waals surface area contributed by atoms with E-state index in [0.29, 0.717) is 20.0 Å². The number of halogens is 1. The van der Waals surface area contributed by atoms with Gasteiger partial charge in [-0.05, 0) is 0 Å². The molecule has 0 saturated heterocycles. The summed E-state index contributed by atoms with van der Waals surface area (Å²) in [6.45, 7) is 1.46. The van der Waals surface area contributed by atoms with Crippen LogP contribution < -0.4 is 4.35 Å². The predicted molar refractivity (Wildman–Crippen MR) is 87.3 cm³/mol. The fourth-order valence-corrected chi connectivity index (χ4v) is 4.10. The average Bonchev–Trinajstić information content (AvgIpc) is 2.48. The third-order valence-electron chi connectivity index (χ3n) is 2.95. The molecule has 2 rings (SSSR count). The van der Waals surface area contributed by atoms with Crippen molar-refractivity contribution in [2.45, 2.75) is 6.92 Å². The summed E-state index contributed by atoms with van der Waals surface area (Å²) < 4.78 is 1.11. The molecule has 0 spiro atoms. The number of aromatic carboxylic acids is 1. The zero-order valence-electron chi connectivity index (χ0n) is 11.5. The average molecular weight is 422 g/mol. The van der Waals surface area contributed by atoms with E-state index < -0.39 is 21.7 Å². The summed E-state index contributed by atoms with van der Waals surface area (Å²) in [5.41, 5.74) is 1.18.